The van der Waals surface area contributed by atoms with Crippen molar-refractivity contribution in [1.82, 2.24) is 5.32 Å². The highest BCUT2D eigenvalue weighted by atomic mass is 35.5. The van der Waals surface area contributed by atoms with Gasteiger partial charge in [0.15, 0.2) is 0 Å². The van der Waals surface area contributed by atoms with Crippen LogP contribution in [0, 0.1) is 0 Å². The van der Waals surface area contributed by atoms with Crippen molar-refractivity contribution in [2.45, 2.75) is 31.2 Å². The molecule has 0 unspecified atom stereocenters. The molecule has 0 saturated heterocycles. The quantitative estimate of drug-likeness (QED) is 0.901. The van der Waals surface area contributed by atoms with E-state index in [4.69, 9.17) is 23.2 Å². The topological polar surface area (TPSA) is 66.4 Å². The molecule has 0 atom stereocenters. The predicted octanol–water partition coefficient (Wildman–Crippen LogP) is 3.12. The zero-order valence-corrected chi connectivity index (χ0v) is 11.6. The van der Waals surface area contributed by atoms with Crippen LogP contribution < -0.4 is 5.32 Å². The minimum atomic E-state index is -1.18. The smallest absolute Gasteiger partial charge is 0.329 e. The SMILES string of the molecule is O=C(NC1(C(=O)O)CCCC1)c1cccc(Cl)c1Cl. The van der Waals surface area contributed by atoms with E-state index in [0.29, 0.717) is 12.8 Å². The third-order valence-electron chi connectivity index (χ3n) is 3.42. The molecule has 19 heavy (non-hydrogen) atoms. The van der Waals surface area contributed by atoms with E-state index in [1.807, 2.05) is 0 Å². The van der Waals surface area contributed by atoms with Crippen LogP contribution in [0.3, 0.4) is 0 Å². The number of benzene rings is 1. The fourth-order valence-corrected chi connectivity index (χ4v) is 2.72. The Hall–Kier alpha value is -1.26. The normalized spacial score (nSPS) is 17.2. The number of rotatable bonds is 3. The summed E-state index contributed by atoms with van der Waals surface area (Å²) in [6.45, 7) is 0. The summed E-state index contributed by atoms with van der Waals surface area (Å²) in [6, 6.07) is 4.70. The summed E-state index contributed by atoms with van der Waals surface area (Å²) in [4.78, 5) is 23.5. The summed E-state index contributed by atoms with van der Waals surface area (Å²) in [6.07, 6.45) is 2.45. The van der Waals surface area contributed by atoms with Crippen LogP contribution in [-0.4, -0.2) is 22.5 Å². The number of hydrogen-bond donors (Lipinski definition) is 2. The molecule has 1 aromatic carbocycles. The number of carbonyl (C=O) groups is 2. The number of carboxylic acids is 1. The fraction of sp³-hybridized carbons (Fsp3) is 0.385. The van der Waals surface area contributed by atoms with Crippen molar-refractivity contribution in [3.63, 3.8) is 0 Å². The van der Waals surface area contributed by atoms with E-state index >= 15 is 0 Å². The van der Waals surface area contributed by atoms with E-state index < -0.39 is 17.4 Å². The van der Waals surface area contributed by atoms with Gasteiger partial charge in [-0.15, -0.1) is 0 Å². The highest BCUT2D eigenvalue weighted by molar-refractivity contribution is 6.43. The Morgan fingerprint density at radius 2 is 1.84 bits per heavy atom. The molecule has 1 aromatic rings. The number of amides is 1. The summed E-state index contributed by atoms with van der Waals surface area (Å²) in [5.41, 5.74) is -0.982. The van der Waals surface area contributed by atoms with Gasteiger partial charge in [-0.25, -0.2) is 4.79 Å². The van der Waals surface area contributed by atoms with E-state index in [1.54, 1.807) is 12.1 Å². The molecule has 1 aliphatic rings. The van der Waals surface area contributed by atoms with Gasteiger partial charge >= 0.3 is 5.97 Å². The zero-order chi connectivity index (χ0) is 14.0. The van der Waals surface area contributed by atoms with Crippen LogP contribution in [-0.2, 0) is 4.79 Å². The van der Waals surface area contributed by atoms with Gasteiger partial charge in [-0.05, 0) is 25.0 Å². The summed E-state index contributed by atoms with van der Waals surface area (Å²) < 4.78 is 0. The van der Waals surface area contributed by atoms with E-state index in [1.165, 1.54) is 6.07 Å². The molecule has 6 heteroatoms. The maximum absolute atomic E-state index is 12.2. The van der Waals surface area contributed by atoms with Crippen molar-refractivity contribution in [3.05, 3.63) is 33.8 Å². The number of halogens is 2. The predicted molar refractivity (Wildman–Crippen MR) is 72.8 cm³/mol. The van der Waals surface area contributed by atoms with Gasteiger partial charge in [0.05, 0.1) is 15.6 Å². The summed E-state index contributed by atoms with van der Waals surface area (Å²) in [7, 11) is 0. The van der Waals surface area contributed by atoms with Crippen molar-refractivity contribution in [1.29, 1.82) is 0 Å². The molecule has 0 aromatic heterocycles. The number of nitrogens with one attached hydrogen (secondary N) is 1. The lowest BCUT2D eigenvalue weighted by Gasteiger charge is -2.25. The molecule has 102 valence electrons. The van der Waals surface area contributed by atoms with Gasteiger partial charge in [0, 0.05) is 0 Å². The Morgan fingerprint density at radius 1 is 1.21 bits per heavy atom. The Bertz CT molecular complexity index is 525. The second kappa shape index (κ2) is 5.39. The minimum Gasteiger partial charge on any atom is -0.480 e. The van der Waals surface area contributed by atoms with Crippen LogP contribution in [0.15, 0.2) is 18.2 Å². The highest BCUT2D eigenvalue weighted by Gasteiger charge is 2.42. The van der Waals surface area contributed by atoms with E-state index in [-0.39, 0.29) is 15.6 Å². The Labute approximate surface area is 120 Å². The van der Waals surface area contributed by atoms with Gasteiger partial charge in [-0.1, -0.05) is 42.1 Å². The molecule has 0 heterocycles. The Morgan fingerprint density at radius 3 is 2.42 bits per heavy atom. The van der Waals surface area contributed by atoms with Gasteiger partial charge in [0.2, 0.25) is 0 Å². The van der Waals surface area contributed by atoms with Gasteiger partial charge < -0.3 is 10.4 Å². The Balaban J connectivity index is 2.25. The lowest BCUT2D eigenvalue weighted by molar-refractivity contribution is -0.144. The fourth-order valence-electron chi connectivity index (χ4n) is 2.33. The van der Waals surface area contributed by atoms with Crippen molar-refractivity contribution >= 4 is 35.1 Å². The first-order valence-electron chi connectivity index (χ1n) is 5.96. The van der Waals surface area contributed by atoms with E-state index in [0.717, 1.165) is 12.8 Å². The first kappa shape index (κ1) is 14.2. The lowest BCUT2D eigenvalue weighted by atomic mass is 9.97. The monoisotopic (exact) mass is 301 g/mol. The lowest BCUT2D eigenvalue weighted by Crippen LogP contribution is -2.52. The van der Waals surface area contributed by atoms with Crippen molar-refractivity contribution in [2.75, 3.05) is 0 Å². The molecule has 1 aliphatic carbocycles. The molecule has 1 amide bonds. The molecule has 0 spiro atoms. The van der Waals surface area contributed by atoms with Crippen LogP contribution in [0.2, 0.25) is 10.0 Å². The van der Waals surface area contributed by atoms with Gasteiger partial charge in [-0.3, -0.25) is 4.79 Å². The second-order valence-corrected chi connectivity index (χ2v) is 5.44. The zero-order valence-electron chi connectivity index (χ0n) is 10.1. The van der Waals surface area contributed by atoms with Crippen molar-refractivity contribution in [3.8, 4) is 0 Å². The minimum absolute atomic E-state index is 0.139. The number of carboxylic acid groups (broad SMARTS) is 1. The molecule has 0 bridgehead atoms. The summed E-state index contributed by atoms with van der Waals surface area (Å²) in [5, 5.41) is 12.3. The van der Waals surface area contributed by atoms with Crippen molar-refractivity contribution in [2.24, 2.45) is 0 Å². The molecule has 2 N–H and O–H groups in total. The molecule has 2 rings (SSSR count). The molecule has 1 fully saturated rings. The summed E-state index contributed by atoms with van der Waals surface area (Å²) >= 11 is 11.8. The largest absolute Gasteiger partial charge is 0.480 e. The van der Waals surface area contributed by atoms with Crippen LogP contribution in [0.25, 0.3) is 0 Å². The first-order valence-corrected chi connectivity index (χ1v) is 6.72. The summed E-state index contributed by atoms with van der Waals surface area (Å²) in [5.74, 6) is -1.51. The first-order chi connectivity index (χ1) is 8.96. The number of carbonyl (C=O) groups excluding carboxylic acids is 1. The second-order valence-electron chi connectivity index (χ2n) is 4.65. The maximum atomic E-state index is 12.2. The molecular weight excluding hydrogens is 289 g/mol. The average molecular weight is 302 g/mol. The van der Waals surface area contributed by atoms with Gasteiger partial charge in [-0.2, -0.15) is 0 Å². The Kier molecular flexibility index (Phi) is 4.02. The van der Waals surface area contributed by atoms with Crippen LogP contribution in [0.4, 0.5) is 0 Å². The molecule has 0 radical (unpaired) electrons. The maximum Gasteiger partial charge on any atom is 0.329 e. The molecule has 1 saturated carbocycles. The van der Waals surface area contributed by atoms with Crippen molar-refractivity contribution < 1.29 is 14.7 Å². The number of hydrogen-bond acceptors (Lipinski definition) is 2. The van der Waals surface area contributed by atoms with E-state index in [9.17, 15) is 14.7 Å². The van der Waals surface area contributed by atoms with Gasteiger partial charge in [0.25, 0.3) is 5.91 Å². The highest BCUT2D eigenvalue weighted by Crippen LogP contribution is 2.31. The molecule has 4 nitrogen and oxygen atoms in total. The number of aliphatic carboxylic acids is 1. The van der Waals surface area contributed by atoms with Crippen LogP contribution >= 0.6 is 23.2 Å². The molecule has 0 aliphatic heterocycles. The average Bonchev–Trinajstić information content (AvgIpc) is 2.82. The van der Waals surface area contributed by atoms with Crippen LogP contribution in [0.5, 0.6) is 0 Å². The third kappa shape index (κ3) is 2.69. The molecular formula is C13H13Cl2NO3. The van der Waals surface area contributed by atoms with Crippen LogP contribution in [0.1, 0.15) is 36.0 Å². The van der Waals surface area contributed by atoms with Gasteiger partial charge in [0.1, 0.15) is 5.54 Å². The standard InChI is InChI=1S/C13H13Cl2NO3/c14-9-5-3-4-8(10(9)15)11(17)16-13(12(18)19)6-1-2-7-13/h3-5H,1-2,6-7H2,(H,16,17)(H,18,19). The van der Waals surface area contributed by atoms with E-state index in [2.05, 4.69) is 5.32 Å². The third-order valence-corrected chi connectivity index (χ3v) is 4.23.